The highest BCUT2D eigenvalue weighted by Gasteiger charge is 2.30. The highest BCUT2D eigenvalue weighted by Crippen LogP contribution is 2.33. The highest BCUT2D eigenvalue weighted by atomic mass is 19.4. The quantitative estimate of drug-likeness (QED) is 0.931. The van der Waals surface area contributed by atoms with Gasteiger partial charge in [0.05, 0.1) is 12.2 Å². The van der Waals surface area contributed by atoms with Crippen LogP contribution >= 0.6 is 0 Å². The second kappa shape index (κ2) is 5.73. The number of hydrogen-bond donors (Lipinski definition) is 1. The fourth-order valence-electron chi connectivity index (χ4n) is 1.95. The summed E-state index contributed by atoms with van der Waals surface area (Å²) in [7, 11) is 0. The molecule has 1 heterocycles. The average molecular weight is 297 g/mol. The molecule has 2 aromatic rings. The van der Waals surface area contributed by atoms with Crippen molar-refractivity contribution in [1.82, 2.24) is 4.98 Å². The van der Waals surface area contributed by atoms with E-state index in [0.29, 0.717) is 11.3 Å². The van der Waals surface area contributed by atoms with E-state index in [1.165, 1.54) is 12.1 Å². The van der Waals surface area contributed by atoms with E-state index in [4.69, 9.17) is 4.74 Å². The number of hydrogen-bond acceptors (Lipinski definition) is 3. The molecule has 1 aromatic carbocycles. The zero-order chi connectivity index (χ0) is 15.6. The Balaban J connectivity index is 2.39. The summed E-state index contributed by atoms with van der Waals surface area (Å²) >= 11 is 0. The second-order valence-corrected chi connectivity index (χ2v) is 4.65. The third-order valence-electron chi connectivity index (χ3n) is 2.97. The van der Waals surface area contributed by atoms with E-state index >= 15 is 0 Å². The molecule has 0 fully saturated rings. The molecule has 2 rings (SSSR count). The van der Waals surface area contributed by atoms with Crippen LogP contribution in [0.2, 0.25) is 0 Å². The number of benzene rings is 1. The molecule has 1 N–H and O–H groups in total. The Kier molecular flexibility index (Phi) is 4.18. The van der Waals surface area contributed by atoms with E-state index in [1.807, 2.05) is 0 Å². The maximum atomic E-state index is 12.7. The zero-order valence-electron chi connectivity index (χ0n) is 11.5. The topological polar surface area (TPSA) is 42.4 Å². The molecule has 112 valence electrons. The number of aromatic nitrogens is 1. The molecule has 1 aromatic heterocycles. The molecular weight excluding hydrogens is 283 g/mol. The minimum absolute atomic E-state index is 0.0250. The Morgan fingerprint density at radius 2 is 1.90 bits per heavy atom. The lowest BCUT2D eigenvalue weighted by Gasteiger charge is -2.13. The summed E-state index contributed by atoms with van der Waals surface area (Å²) in [5, 5.41) is 9.35. The van der Waals surface area contributed by atoms with Crippen LogP contribution in [0.1, 0.15) is 22.4 Å². The number of rotatable bonds is 3. The molecular formula is C15H14F3NO2. The molecule has 0 aliphatic heterocycles. The molecule has 0 atom stereocenters. The van der Waals surface area contributed by atoms with Crippen molar-refractivity contribution in [2.75, 3.05) is 0 Å². The van der Waals surface area contributed by atoms with Crippen LogP contribution in [-0.4, -0.2) is 10.1 Å². The second-order valence-electron chi connectivity index (χ2n) is 4.65. The Labute approximate surface area is 120 Å². The normalized spacial score (nSPS) is 11.5. The first kappa shape index (κ1) is 15.3. The number of halogens is 3. The van der Waals surface area contributed by atoms with Gasteiger partial charge in [0.15, 0.2) is 0 Å². The summed E-state index contributed by atoms with van der Waals surface area (Å²) in [6, 6.07) is 6.31. The van der Waals surface area contributed by atoms with Gasteiger partial charge in [-0.1, -0.05) is 6.07 Å². The zero-order valence-corrected chi connectivity index (χ0v) is 11.5. The lowest BCUT2D eigenvalue weighted by Crippen LogP contribution is -2.05. The van der Waals surface area contributed by atoms with Gasteiger partial charge in [0, 0.05) is 11.3 Å². The maximum absolute atomic E-state index is 12.7. The van der Waals surface area contributed by atoms with Gasteiger partial charge in [0.1, 0.15) is 5.75 Å². The first-order valence-corrected chi connectivity index (χ1v) is 6.24. The van der Waals surface area contributed by atoms with Gasteiger partial charge < -0.3 is 9.84 Å². The molecule has 0 saturated carbocycles. The third-order valence-corrected chi connectivity index (χ3v) is 2.97. The maximum Gasteiger partial charge on any atom is 0.416 e. The summed E-state index contributed by atoms with van der Waals surface area (Å²) in [5.74, 6) is 0.145. The number of aryl methyl sites for hydroxylation is 2. The predicted molar refractivity (Wildman–Crippen MR) is 71.2 cm³/mol. The van der Waals surface area contributed by atoms with Crippen LogP contribution in [0.15, 0.2) is 30.3 Å². The van der Waals surface area contributed by atoms with E-state index in [2.05, 4.69) is 4.98 Å². The molecule has 0 radical (unpaired) electrons. The molecule has 3 nitrogen and oxygen atoms in total. The van der Waals surface area contributed by atoms with Gasteiger partial charge in [-0.2, -0.15) is 13.2 Å². The molecule has 6 heteroatoms. The van der Waals surface area contributed by atoms with Crippen LogP contribution in [0.4, 0.5) is 13.2 Å². The van der Waals surface area contributed by atoms with Crippen molar-refractivity contribution in [3.05, 3.63) is 52.7 Å². The van der Waals surface area contributed by atoms with Gasteiger partial charge in [-0.25, -0.2) is 4.98 Å². The minimum atomic E-state index is -4.44. The Morgan fingerprint density at radius 3 is 2.52 bits per heavy atom. The minimum Gasteiger partial charge on any atom is -0.439 e. The van der Waals surface area contributed by atoms with Crippen LogP contribution in [0.5, 0.6) is 11.6 Å². The summed E-state index contributed by atoms with van der Waals surface area (Å²) < 4.78 is 43.4. The molecule has 0 amide bonds. The van der Waals surface area contributed by atoms with E-state index < -0.39 is 11.7 Å². The molecule has 0 aliphatic carbocycles. The van der Waals surface area contributed by atoms with Crippen LogP contribution in [0.3, 0.4) is 0 Å². The molecule has 21 heavy (non-hydrogen) atoms. The smallest absolute Gasteiger partial charge is 0.416 e. The Morgan fingerprint density at radius 1 is 1.19 bits per heavy atom. The van der Waals surface area contributed by atoms with Crippen molar-refractivity contribution in [3.63, 3.8) is 0 Å². The first-order chi connectivity index (χ1) is 9.81. The van der Waals surface area contributed by atoms with Gasteiger partial charge in [-0.3, -0.25) is 0 Å². The van der Waals surface area contributed by atoms with Crippen LogP contribution in [0, 0.1) is 13.8 Å². The fourth-order valence-corrected chi connectivity index (χ4v) is 1.95. The van der Waals surface area contributed by atoms with Crippen molar-refractivity contribution in [3.8, 4) is 11.6 Å². The van der Waals surface area contributed by atoms with Gasteiger partial charge in [-0.15, -0.1) is 0 Å². The van der Waals surface area contributed by atoms with Gasteiger partial charge in [-0.05, 0) is 43.7 Å². The average Bonchev–Trinajstić information content (AvgIpc) is 2.37. The SMILES string of the molecule is Cc1cc(C)c(CO)c(Oc2cccc(C(F)(F)F)c2)n1. The number of pyridine rings is 1. The van der Waals surface area contributed by atoms with Crippen molar-refractivity contribution >= 4 is 0 Å². The van der Waals surface area contributed by atoms with E-state index in [9.17, 15) is 18.3 Å². The first-order valence-electron chi connectivity index (χ1n) is 6.24. The summed E-state index contributed by atoms with van der Waals surface area (Å²) in [5.41, 5.74) is 1.09. The number of alkyl halides is 3. The summed E-state index contributed by atoms with van der Waals surface area (Å²) in [6.45, 7) is 3.22. The Hall–Kier alpha value is -2.08. The van der Waals surface area contributed by atoms with Crippen molar-refractivity contribution < 1.29 is 23.0 Å². The monoisotopic (exact) mass is 297 g/mol. The van der Waals surface area contributed by atoms with Gasteiger partial charge in [0.25, 0.3) is 0 Å². The van der Waals surface area contributed by atoms with Crippen molar-refractivity contribution in [1.29, 1.82) is 0 Å². The molecule has 0 aliphatic rings. The lowest BCUT2D eigenvalue weighted by molar-refractivity contribution is -0.137. The molecule has 0 unspecified atom stereocenters. The van der Waals surface area contributed by atoms with Crippen LogP contribution < -0.4 is 4.74 Å². The number of nitrogens with zero attached hydrogens (tertiary/aromatic N) is 1. The molecule has 0 spiro atoms. The number of aliphatic hydroxyl groups is 1. The Bertz CT molecular complexity index is 654. The van der Waals surface area contributed by atoms with Crippen molar-refractivity contribution in [2.45, 2.75) is 26.6 Å². The largest absolute Gasteiger partial charge is 0.439 e. The van der Waals surface area contributed by atoms with E-state index in [0.717, 1.165) is 17.7 Å². The van der Waals surface area contributed by atoms with Crippen LogP contribution in [0.25, 0.3) is 0 Å². The van der Waals surface area contributed by atoms with Gasteiger partial charge in [0.2, 0.25) is 5.88 Å². The fraction of sp³-hybridized carbons (Fsp3) is 0.267. The summed E-state index contributed by atoms with van der Waals surface area (Å²) in [6.07, 6.45) is -4.44. The van der Waals surface area contributed by atoms with Crippen molar-refractivity contribution in [2.24, 2.45) is 0 Å². The molecule has 0 saturated heterocycles. The summed E-state index contributed by atoms with van der Waals surface area (Å²) in [4.78, 5) is 4.13. The van der Waals surface area contributed by atoms with E-state index in [1.54, 1.807) is 19.9 Å². The standard InChI is InChI=1S/C15H14F3NO2/c1-9-6-10(2)19-14(13(9)8-20)21-12-5-3-4-11(7-12)15(16,17)18/h3-7,20H,8H2,1-2H3. The lowest BCUT2D eigenvalue weighted by atomic mass is 10.1. The number of ether oxygens (including phenoxy) is 1. The van der Waals surface area contributed by atoms with Crippen LogP contribution in [-0.2, 0) is 12.8 Å². The number of aliphatic hydroxyl groups excluding tert-OH is 1. The predicted octanol–water partition coefficient (Wildman–Crippen LogP) is 4.00. The third kappa shape index (κ3) is 3.52. The van der Waals surface area contributed by atoms with E-state index in [-0.39, 0.29) is 18.2 Å². The molecule has 0 bridgehead atoms. The highest BCUT2D eigenvalue weighted by molar-refractivity contribution is 5.39. The van der Waals surface area contributed by atoms with Gasteiger partial charge >= 0.3 is 6.18 Å².